The highest BCUT2D eigenvalue weighted by atomic mass is 16.5. The molecule has 1 aliphatic heterocycles. The molecule has 0 aliphatic carbocycles. The predicted octanol–water partition coefficient (Wildman–Crippen LogP) is 3.62. The lowest BCUT2D eigenvalue weighted by atomic mass is 10.1. The van der Waals surface area contributed by atoms with E-state index in [0.29, 0.717) is 31.1 Å². The first-order valence-electron chi connectivity index (χ1n) is 10.2. The Morgan fingerprint density at radius 3 is 2.74 bits per heavy atom. The molecule has 7 nitrogen and oxygen atoms in total. The van der Waals surface area contributed by atoms with Gasteiger partial charge in [0, 0.05) is 36.1 Å². The normalized spacial score (nSPS) is 16.4. The van der Waals surface area contributed by atoms with Gasteiger partial charge in [-0.05, 0) is 30.3 Å². The number of aromatic nitrogens is 3. The lowest BCUT2D eigenvalue weighted by Crippen LogP contribution is -2.42. The molecule has 1 atom stereocenters. The summed E-state index contributed by atoms with van der Waals surface area (Å²) in [5.74, 6) is 0.587. The Bertz CT molecular complexity index is 1200. The maximum atomic E-state index is 12.9. The van der Waals surface area contributed by atoms with Gasteiger partial charge in [-0.1, -0.05) is 24.3 Å². The third-order valence-corrected chi connectivity index (χ3v) is 5.46. The van der Waals surface area contributed by atoms with Crippen LogP contribution in [0.4, 0.5) is 0 Å². The van der Waals surface area contributed by atoms with Crippen molar-refractivity contribution in [3.63, 3.8) is 0 Å². The van der Waals surface area contributed by atoms with Crippen molar-refractivity contribution < 1.29 is 14.3 Å². The summed E-state index contributed by atoms with van der Waals surface area (Å²) in [5.41, 5.74) is 4.24. The molecule has 156 valence electrons. The number of imidazole rings is 1. The van der Waals surface area contributed by atoms with E-state index in [0.717, 1.165) is 22.6 Å². The molecule has 0 saturated carbocycles. The average molecular weight is 414 g/mol. The quantitative estimate of drug-likeness (QED) is 0.510. The Labute approximate surface area is 179 Å². The number of hydrogen-bond donors (Lipinski definition) is 0. The van der Waals surface area contributed by atoms with E-state index in [-0.39, 0.29) is 12.0 Å². The van der Waals surface area contributed by atoms with Crippen LogP contribution in [0, 0.1) is 0 Å². The van der Waals surface area contributed by atoms with Gasteiger partial charge in [0.25, 0.3) is 5.91 Å². The first-order chi connectivity index (χ1) is 15.2. The van der Waals surface area contributed by atoms with Crippen LogP contribution in [-0.4, -0.2) is 52.0 Å². The summed E-state index contributed by atoms with van der Waals surface area (Å²) < 4.78 is 13.2. The average Bonchev–Trinajstić information content (AvgIpc) is 3.29. The molecule has 7 heteroatoms. The van der Waals surface area contributed by atoms with E-state index in [1.165, 1.54) is 0 Å². The largest absolute Gasteiger partial charge is 0.481 e. The summed E-state index contributed by atoms with van der Waals surface area (Å²) in [6.45, 7) is 1.52. The van der Waals surface area contributed by atoms with Crippen LogP contribution in [-0.2, 0) is 4.74 Å². The number of hydrogen-bond acceptors (Lipinski definition) is 5. The highest BCUT2D eigenvalue weighted by molar-refractivity contribution is 5.94. The number of amides is 1. The molecule has 1 saturated heterocycles. The minimum Gasteiger partial charge on any atom is -0.481 e. The number of benzene rings is 1. The van der Waals surface area contributed by atoms with Gasteiger partial charge in [-0.3, -0.25) is 9.20 Å². The Morgan fingerprint density at radius 2 is 1.97 bits per heavy atom. The minimum absolute atomic E-state index is 0.0164. The monoisotopic (exact) mass is 414 g/mol. The minimum atomic E-state index is -0.275. The highest BCUT2D eigenvalue weighted by Crippen LogP contribution is 2.27. The molecule has 3 aromatic heterocycles. The molecule has 0 unspecified atom stereocenters. The van der Waals surface area contributed by atoms with Gasteiger partial charge in [0.05, 0.1) is 31.6 Å². The van der Waals surface area contributed by atoms with Crippen molar-refractivity contribution in [2.75, 3.05) is 26.8 Å². The van der Waals surface area contributed by atoms with E-state index in [2.05, 4.69) is 4.98 Å². The standard InChI is InChI=1S/C24H22N4O3/c1-30-23-11-10-18(14-25-23)20-8-5-9-22-26-19(15-28(20)22)21-16-27(12-13-31-21)24(29)17-6-3-2-4-7-17/h2-11,14-15,21H,12-13,16H2,1H3/t21-/m0/s1. The summed E-state index contributed by atoms with van der Waals surface area (Å²) in [7, 11) is 1.60. The lowest BCUT2D eigenvalue weighted by Gasteiger charge is -2.32. The fraction of sp³-hybridized carbons (Fsp3) is 0.208. The molecule has 4 aromatic rings. The van der Waals surface area contributed by atoms with Crippen molar-refractivity contribution in [2.24, 2.45) is 0 Å². The van der Waals surface area contributed by atoms with Gasteiger partial charge in [-0.15, -0.1) is 0 Å². The van der Waals surface area contributed by atoms with Gasteiger partial charge < -0.3 is 14.4 Å². The molecule has 0 N–H and O–H groups in total. The van der Waals surface area contributed by atoms with Crippen molar-refractivity contribution in [3.05, 3.63) is 84.3 Å². The molecule has 5 rings (SSSR count). The SMILES string of the molecule is COc1ccc(-c2cccc3nc([C@@H]4CN(C(=O)c5ccccc5)CCO4)cn23)cn1. The van der Waals surface area contributed by atoms with Crippen LogP contribution in [0.25, 0.3) is 16.9 Å². The van der Waals surface area contributed by atoms with Gasteiger partial charge in [-0.2, -0.15) is 0 Å². The molecule has 1 amide bonds. The summed E-state index contributed by atoms with van der Waals surface area (Å²) in [4.78, 5) is 23.8. The van der Waals surface area contributed by atoms with Gasteiger partial charge >= 0.3 is 0 Å². The van der Waals surface area contributed by atoms with Gasteiger partial charge in [0.2, 0.25) is 5.88 Å². The zero-order valence-corrected chi connectivity index (χ0v) is 17.1. The second kappa shape index (κ2) is 8.20. The summed E-state index contributed by atoms with van der Waals surface area (Å²) >= 11 is 0. The van der Waals surface area contributed by atoms with E-state index in [9.17, 15) is 4.79 Å². The fourth-order valence-corrected chi connectivity index (χ4v) is 3.85. The van der Waals surface area contributed by atoms with Crippen LogP contribution in [0.15, 0.2) is 73.1 Å². The van der Waals surface area contributed by atoms with Crippen molar-refractivity contribution in [1.29, 1.82) is 0 Å². The van der Waals surface area contributed by atoms with E-state index >= 15 is 0 Å². The van der Waals surface area contributed by atoms with Gasteiger partial charge in [0.15, 0.2) is 0 Å². The van der Waals surface area contributed by atoms with E-state index < -0.39 is 0 Å². The Balaban J connectivity index is 1.43. The number of morpholine rings is 1. The molecule has 0 spiro atoms. The van der Waals surface area contributed by atoms with Crippen molar-refractivity contribution >= 4 is 11.6 Å². The third kappa shape index (κ3) is 3.75. The molecular formula is C24H22N4O3. The molecule has 1 fully saturated rings. The summed E-state index contributed by atoms with van der Waals surface area (Å²) in [6.07, 6.45) is 3.49. The van der Waals surface area contributed by atoms with E-state index in [4.69, 9.17) is 14.5 Å². The number of nitrogens with zero attached hydrogens (tertiary/aromatic N) is 4. The maximum absolute atomic E-state index is 12.9. The Hall–Kier alpha value is -3.71. The second-order valence-corrected chi connectivity index (χ2v) is 7.37. The smallest absolute Gasteiger partial charge is 0.254 e. The number of ether oxygens (including phenoxy) is 2. The Morgan fingerprint density at radius 1 is 1.10 bits per heavy atom. The van der Waals surface area contributed by atoms with E-state index in [1.54, 1.807) is 13.3 Å². The molecule has 1 aliphatic rings. The highest BCUT2D eigenvalue weighted by Gasteiger charge is 2.28. The zero-order chi connectivity index (χ0) is 21.2. The van der Waals surface area contributed by atoms with Crippen molar-refractivity contribution in [1.82, 2.24) is 19.3 Å². The number of carbonyl (C=O) groups is 1. The zero-order valence-electron chi connectivity index (χ0n) is 17.1. The summed E-state index contributed by atoms with van der Waals surface area (Å²) in [5, 5.41) is 0. The predicted molar refractivity (Wildman–Crippen MR) is 116 cm³/mol. The van der Waals surface area contributed by atoms with Crippen molar-refractivity contribution in [3.8, 4) is 17.1 Å². The number of carbonyl (C=O) groups excluding carboxylic acids is 1. The van der Waals surface area contributed by atoms with Crippen LogP contribution in [0.3, 0.4) is 0 Å². The van der Waals surface area contributed by atoms with Crippen LogP contribution in [0.5, 0.6) is 5.88 Å². The van der Waals surface area contributed by atoms with Crippen LogP contribution < -0.4 is 4.74 Å². The first-order valence-corrected chi connectivity index (χ1v) is 10.2. The van der Waals surface area contributed by atoms with Crippen molar-refractivity contribution in [2.45, 2.75) is 6.10 Å². The van der Waals surface area contributed by atoms with E-state index in [1.807, 2.05) is 76.2 Å². The molecule has 0 bridgehead atoms. The number of rotatable bonds is 4. The number of pyridine rings is 2. The van der Waals surface area contributed by atoms with Crippen LogP contribution >= 0.6 is 0 Å². The fourth-order valence-electron chi connectivity index (χ4n) is 3.85. The molecular weight excluding hydrogens is 392 g/mol. The van der Waals surface area contributed by atoms with Crippen LogP contribution in [0.2, 0.25) is 0 Å². The maximum Gasteiger partial charge on any atom is 0.254 e. The Kier molecular flexibility index (Phi) is 5.09. The molecule has 31 heavy (non-hydrogen) atoms. The number of methoxy groups -OCH3 is 1. The topological polar surface area (TPSA) is 69.0 Å². The van der Waals surface area contributed by atoms with Gasteiger partial charge in [0.1, 0.15) is 11.8 Å². The van der Waals surface area contributed by atoms with Crippen LogP contribution in [0.1, 0.15) is 22.2 Å². The lowest BCUT2D eigenvalue weighted by molar-refractivity contribution is -0.0245. The molecule has 0 radical (unpaired) electrons. The first kappa shape index (κ1) is 19.3. The second-order valence-electron chi connectivity index (χ2n) is 7.37. The third-order valence-electron chi connectivity index (χ3n) is 5.46. The number of fused-ring (bicyclic) bond motifs is 1. The molecule has 4 heterocycles. The summed E-state index contributed by atoms with van der Waals surface area (Å²) in [6, 6.07) is 19.1. The van der Waals surface area contributed by atoms with Gasteiger partial charge in [-0.25, -0.2) is 9.97 Å². The molecule has 1 aromatic carbocycles.